The number of nitrogens with one attached hydrogen (secondary N) is 1. The van der Waals surface area contributed by atoms with Gasteiger partial charge < -0.3 is 15.3 Å². The Morgan fingerprint density at radius 3 is 2.62 bits per heavy atom. The molecule has 0 aliphatic carbocycles. The molecule has 1 aromatic carbocycles. The summed E-state index contributed by atoms with van der Waals surface area (Å²) >= 11 is 4.31. The van der Waals surface area contributed by atoms with Crippen LogP contribution in [0.4, 0.5) is 0 Å². The second-order valence-electron chi connectivity index (χ2n) is 5.96. The standard InChI is InChI=1S/C17H22N2O4S/c1-11(16(21)19-9-5-8-13(19)17(22)23)18-15(20)14(24)10-12-6-3-2-4-7-12/h2-4,6-7,11,13-14,24H,5,8-10H2,1H3,(H,18,20)(H,22,23)/t11-,13+,14?/m0/s1. The fourth-order valence-electron chi connectivity index (χ4n) is 2.84. The van der Waals surface area contributed by atoms with Gasteiger partial charge in [-0.2, -0.15) is 12.6 Å². The number of aliphatic carboxylic acids is 1. The van der Waals surface area contributed by atoms with Crippen molar-refractivity contribution in [1.82, 2.24) is 10.2 Å². The number of amides is 2. The lowest BCUT2D eigenvalue weighted by Gasteiger charge is -2.26. The van der Waals surface area contributed by atoms with Crippen LogP contribution in [-0.4, -0.2) is 51.7 Å². The maximum absolute atomic E-state index is 12.4. The second kappa shape index (κ2) is 8.19. The summed E-state index contributed by atoms with van der Waals surface area (Å²) in [4.78, 5) is 37.1. The number of carbonyl (C=O) groups excluding carboxylic acids is 2. The number of benzene rings is 1. The fourth-order valence-corrected chi connectivity index (χ4v) is 3.12. The Labute approximate surface area is 146 Å². The highest BCUT2D eigenvalue weighted by Crippen LogP contribution is 2.18. The zero-order valence-electron chi connectivity index (χ0n) is 13.5. The summed E-state index contributed by atoms with van der Waals surface area (Å²) in [6.45, 7) is 1.98. The number of hydrogen-bond acceptors (Lipinski definition) is 4. The van der Waals surface area contributed by atoms with Gasteiger partial charge in [-0.1, -0.05) is 30.3 Å². The van der Waals surface area contributed by atoms with Crippen molar-refractivity contribution in [2.24, 2.45) is 0 Å². The first-order chi connectivity index (χ1) is 11.4. The molecule has 0 saturated carbocycles. The maximum Gasteiger partial charge on any atom is 0.326 e. The van der Waals surface area contributed by atoms with Gasteiger partial charge in [0, 0.05) is 6.54 Å². The average molecular weight is 350 g/mol. The number of nitrogens with zero attached hydrogens (tertiary/aromatic N) is 1. The van der Waals surface area contributed by atoms with Crippen LogP contribution in [0.2, 0.25) is 0 Å². The van der Waals surface area contributed by atoms with Crippen LogP contribution in [0.5, 0.6) is 0 Å². The van der Waals surface area contributed by atoms with Gasteiger partial charge in [0.25, 0.3) is 0 Å². The Balaban J connectivity index is 1.90. The molecule has 0 radical (unpaired) electrons. The molecular weight excluding hydrogens is 328 g/mol. The quantitative estimate of drug-likeness (QED) is 0.671. The summed E-state index contributed by atoms with van der Waals surface area (Å²) in [5.41, 5.74) is 0.983. The van der Waals surface area contributed by atoms with Gasteiger partial charge in [0.2, 0.25) is 11.8 Å². The van der Waals surface area contributed by atoms with Gasteiger partial charge in [0.15, 0.2) is 0 Å². The number of likely N-dealkylation sites (tertiary alicyclic amines) is 1. The third kappa shape index (κ3) is 4.50. The lowest BCUT2D eigenvalue weighted by Crippen LogP contribution is -2.51. The minimum absolute atomic E-state index is 0.339. The minimum atomic E-state index is -1.00. The van der Waals surface area contributed by atoms with Crippen LogP contribution in [0.15, 0.2) is 30.3 Å². The van der Waals surface area contributed by atoms with E-state index in [1.165, 1.54) is 4.90 Å². The van der Waals surface area contributed by atoms with Crippen LogP contribution in [0.25, 0.3) is 0 Å². The van der Waals surface area contributed by atoms with Gasteiger partial charge >= 0.3 is 5.97 Å². The summed E-state index contributed by atoms with van der Waals surface area (Å²) in [7, 11) is 0. The van der Waals surface area contributed by atoms with Crippen molar-refractivity contribution >= 4 is 30.4 Å². The summed E-state index contributed by atoms with van der Waals surface area (Å²) in [6, 6.07) is 7.92. The molecule has 2 N–H and O–H groups in total. The Bertz CT molecular complexity index is 608. The molecule has 3 atom stereocenters. The fraction of sp³-hybridized carbons (Fsp3) is 0.471. The van der Waals surface area contributed by atoms with E-state index in [1.54, 1.807) is 6.92 Å². The molecular formula is C17H22N2O4S. The highest BCUT2D eigenvalue weighted by Gasteiger charge is 2.36. The van der Waals surface area contributed by atoms with E-state index in [0.717, 1.165) is 5.56 Å². The van der Waals surface area contributed by atoms with E-state index in [1.807, 2.05) is 30.3 Å². The predicted octanol–water partition coefficient (Wildman–Crippen LogP) is 1.11. The molecule has 0 bridgehead atoms. The van der Waals surface area contributed by atoms with Gasteiger partial charge in [0.05, 0.1) is 5.25 Å². The number of hydrogen-bond donors (Lipinski definition) is 3. The molecule has 24 heavy (non-hydrogen) atoms. The Morgan fingerprint density at radius 2 is 2.00 bits per heavy atom. The largest absolute Gasteiger partial charge is 0.480 e. The molecule has 0 spiro atoms. The Morgan fingerprint density at radius 1 is 1.33 bits per heavy atom. The number of carboxylic acids is 1. The van der Waals surface area contributed by atoms with Gasteiger partial charge in [0.1, 0.15) is 12.1 Å². The van der Waals surface area contributed by atoms with Crippen molar-refractivity contribution in [2.75, 3.05) is 6.54 Å². The summed E-state index contributed by atoms with van der Waals surface area (Å²) in [6.07, 6.45) is 1.57. The molecule has 1 heterocycles. The number of thiol groups is 1. The van der Waals surface area contributed by atoms with Crippen molar-refractivity contribution < 1.29 is 19.5 Å². The highest BCUT2D eigenvalue weighted by atomic mass is 32.1. The first-order valence-electron chi connectivity index (χ1n) is 7.95. The molecule has 1 aromatic rings. The smallest absolute Gasteiger partial charge is 0.326 e. The summed E-state index contributed by atoms with van der Waals surface area (Å²) in [5.74, 6) is -1.71. The second-order valence-corrected chi connectivity index (χ2v) is 6.59. The SMILES string of the molecule is C[C@H](NC(=O)C(S)Cc1ccccc1)C(=O)N1CCC[C@@H]1C(=O)O. The van der Waals surface area contributed by atoms with E-state index in [4.69, 9.17) is 5.11 Å². The molecule has 6 nitrogen and oxygen atoms in total. The lowest BCUT2D eigenvalue weighted by atomic mass is 10.1. The molecule has 2 amide bonds. The van der Waals surface area contributed by atoms with Crippen molar-refractivity contribution in [3.05, 3.63) is 35.9 Å². The van der Waals surface area contributed by atoms with Crippen molar-refractivity contribution in [3.8, 4) is 0 Å². The molecule has 7 heteroatoms. The van der Waals surface area contributed by atoms with E-state index in [-0.39, 0.29) is 11.8 Å². The average Bonchev–Trinajstić information content (AvgIpc) is 3.04. The minimum Gasteiger partial charge on any atom is -0.480 e. The molecule has 1 unspecified atom stereocenters. The van der Waals surface area contributed by atoms with E-state index in [9.17, 15) is 14.4 Å². The van der Waals surface area contributed by atoms with Crippen molar-refractivity contribution in [3.63, 3.8) is 0 Å². The summed E-state index contributed by atoms with van der Waals surface area (Å²) < 4.78 is 0. The van der Waals surface area contributed by atoms with Gasteiger partial charge in [-0.05, 0) is 31.7 Å². The number of carboxylic acid groups (broad SMARTS) is 1. The van der Waals surface area contributed by atoms with Crippen LogP contribution in [0.1, 0.15) is 25.3 Å². The van der Waals surface area contributed by atoms with E-state index in [2.05, 4.69) is 17.9 Å². The number of rotatable bonds is 6. The molecule has 1 aliphatic heterocycles. The maximum atomic E-state index is 12.4. The Kier molecular flexibility index (Phi) is 6.25. The van der Waals surface area contributed by atoms with Crippen LogP contribution >= 0.6 is 12.6 Å². The van der Waals surface area contributed by atoms with Gasteiger partial charge in [-0.15, -0.1) is 0 Å². The van der Waals surface area contributed by atoms with Gasteiger partial charge in [-0.3, -0.25) is 9.59 Å². The molecule has 1 fully saturated rings. The van der Waals surface area contributed by atoms with Crippen LogP contribution in [-0.2, 0) is 20.8 Å². The summed E-state index contributed by atoms with van der Waals surface area (Å²) in [5, 5.41) is 11.2. The zero-order valence-corrected chi connectivity index (χ0v) is 14.4. The first-order valence-corrected chi connectivity index (χ1v) is 8.47. The monoisotopic (exact) mass is 350 g/mol. The van der Waals surface area contributed by atoms with E-state index in [0.29, 0.717) is 25.8 Å². The topological polar surface area (TPSA) is 86.7 Å². The Hall–Kier alpha value is -2.02. The number of carbonyl (C=O) groups is 3. The predicted molar refractivity (Wildman–Crippen MR) is 92.9 cm³/mol. The van der Waals surface area contributed by atoms with Crippen LogP contribution in [0, 0.1) is 0 Å². The molecule has 2 rings (SSSR count). The van der Waals surface area contributed by atoms with E-state index < -0.39 is 23.3 Å². The highest BCUT2D eigenvalue weighted by molar-refractivity contribution is 7.81. The zero-order chi connectivity index (χ0) is 17.7. The third-order valence-electron chi connectivity index (χ3n) is 4.12. The van der Waals surface area contributed by atoms with Crippen molar-refractivity contribution in [2.45, 2.75) is 43.5 Å². The molecule has 0 aromatic heterocycles. The van der Waals surface area contributed by atoms with Crippen molar-refractivity contribution in [1.29, 1.82) is 0 Å². The van der Waals surface area contributed by atoms with Crippen LogP contribution in [0.3, 0.4) is 0 Å². The normalized spacial score (nSPS) is 19.6. The van der Waals surface area contributed by atoms with Crippen LogP contribution < -0.4 is 5.32 Å². The molecule has 1 aliphatic rings. The molecule has 130 valence electrons. The third-order valence-corrected chi connectivity index (χ3v) is 4.54. The first kappa shape index (κ1) is 18.3. The van der Waals surface area contributed by atoms with E-state index >= 15 is 0 Å². The van der Waals surface area contributed by atoms with Gasteiger partial charge in [-0.25, -0.2) is 4.79 Å². The molecule has 1 saturated heterocycles. The lowest BCUT2D eigenvalue weighted by molar-refractivity contribution is -0.149.